The van der Waals surface area contributed by atoms with Gasteiger partial charge in [-0.25, -0.2) is 9.97 Å². The van der Waals surface area contributed by atoms with Crippen LogP contribution in [-0.4, -0.2) is 19.1 Å². The highest BCUT2D eigenvalue weighted by molar-refractivity contribution is 6.11. The maximum atomic E-state index is 5.13. The molecule has 10 aromatic rings. The Morgan fingerprint density at radius 2 is 0.964 bits per heavy atom. The molecule has 4 nitrogen and oxygen atoms in total. The minimum atomic E-state index is 0.698. The van der Waals surface area contributed by atoms with Crippen LogP contribution < -0.4 is 0 Å². The fraction of sp³-hybridized carbons (Fsp3) is 0.0385. The molecule has 11 rings (SSSR count). The van der Waals surface area contributed by atoms with E-state index in [4.69, 9.17) is 9.97 Å². The first-order valence-electron chi connectivity index (χ1n) is 19.3. The summed E-state index contributed by atoms with van der Waals surface area (Å²) in [6, 6.07) is 64.8. The summed E-state index contributed by atoms with van der Waals surface area (Å²) < 4.78 is 4.83. The van der Waals surface area contributed by atoms with Crippen LogP contribution in [0.5, 0.6) is 0 Å². The van der Waals surface area contributed by atoms with E-state index >= 15 is 0 Å². The van der Waals surface area contributed by atoms with Gasteiger partial charge in [-0.2, -0.15) is 0 Å². The molecule has 4 heteroatoms. The maximum absolute atomic E-state index is 5.13. The van der Waals surface area contributed by atoms with Crippen LogP contribution in [0.3, 0.4) is 0 Å². The molecule has 3 aromatic heterocycles. The van der Waals surface area contributed by atoms with Crippen molar-refractivity contribution in [1.82, 2.24) is 19.1 Å². The number of aromatic nitrogens is 4. The van der Waals surface area contributed by atoms with Gasteiger partial charge in [-0.05, 0) is 84.6 Å². The molecule has 1 aliphatic rings. The third kappa shape index (κ3) is 5.38. The Morgan fingerprint density at radius 3 is 1.68 bits per heavy atom. The number of hydrogen-bond donors (Lipinski definition) is 0. The highest BCUT2D eigenvalue weighted by Crippen LogP contribution is 2.39. The number of para-hydroxylation sites is 2. The number of fused-ring (bicyclic) bond motifs is 6. The Morgan fingerprint density at radius 1 is 0.393 bits per heavy atom. The van der Waals surface area contributed by atoms with Crippen molar-refractivity contribution in [2.75, 3.05) is 0 Å². The standard InChI is InChI=1S/C52H36N4/c1-4-15-35(16-5-1)46-34-47(36-17-6-2-7-18-36)54-52(53-46)39-19-14-22-41(31-39)56-49-26-13-11-24-43(49)45-33-38(28-30-51(45)56)37-27-29-50-44(32-37)42-23-10-12-25-48(42)55(50)40-20-8-3-9-21-40/h1-11,13-24,26-34H,12,25H2. The zero-order chi connectivity index (χ0) is 37.0. The molecule has 0 aliphatic heterocycles. The first-order valence-corrected chi connectivity index (χ1v) is 19.3. The molecule has 0 saturated carbocycles. The van der Waals surface area contributed by atoms with Gasteiger partial charge in [-0.15, -0.1) is 0 Å². The van der Waals surface area contributed by atoms with Crippen molar-refractivity contribution < 1.29 is 0 Å². The van der Waals surface area contributed by atoms with E-state index in [0.29, 0.717) is 5.82 Å². The van der Waals surface area contributed by atoms with E-state index < -0.39 is 0 Å². The van der Waals surface area contributed by atoms with Gasteiger partial charge in [0.15, 0.2) is 5.82 Å². The smallest absolute Gasteiger partial charge is 0.160 e. The van der Waals surface area contributed by atoms with Crippen molar-refractivity contribution in [1.29, 1.82) is 0 Å². The summed E-state index contributed by atoms with van der Waals surface area (Å²) in [5.74, 6) is 0.698. The highest BCUT2D eigenvalue weighted by atomic mass is 15.0. The molecule has 0 N–H and O–H groups in total. The van der Waals surface area contributed by atoms with Gasteiger partial charge >= 0.3 is 0 Å². The number of nitrogens with zero attached hydrogens (tertiary/aromatic N) is 4. The Balaban J connectivity index is 1.04. The summed E-state index contributed by atoms with van der Waals surface area (Å²) in [6.45, 7) is 0. The Bertz CT molecular complexity index is 3060. The summed E-state index contributed by atoms with van der Waals surface area (Å²) >= 11 is 0. The topological polar surface area (TPSA) is 35.6 Å². The molecule has 1 aliphatic carbocycles. The molecule has 7 aromatic carbocycles. The summed E-state index contributed by atoms with van der Waals surface area (Å²) in [5, 5.41) is 3.74. The van der Waals surface area contributed by atoms with Gasteiger partial charge in [0, 0.05) is 55.5 Å². The number of rotatable bonds is 6. The lowest BCUT2D eigenvalue weighted by atomic mass is 9.98. The van der Waals surface area contributed by atoms with Crippen molar-refractivity contribution in [3.63, 3.8) is 0 Å². The third-order valence-corrected chi connectivity index (χ3v) is 11.2. The monoisotopic (exact) mass is 716 g/mol. The Kier molecular flexibility index (Phi) is 7.59. The molecule has 0 spiro atoms. The van der Waals surface area contributed by atoms with Crippen LogP contribution in [0.25, 0.3) is 95.2 Å². The minimum absolute atomic E-state index is 0.698. The van der Waals surface area contributed by atoms with Gasteiger partial charge in [0.1, 0.15) is 0 Å². The van der Waals surface area contributed by atoms with Gasteiger partial charge in [-0.1, -0.05) is 133 Å². The van der Waals surface area contributed by atoms with Crippen LogP contribution in [0.2, 0.25) is 0 Å². The Labute approximate surface area is 325 Å². The number of benzene rings is 7. The molecule has 0 amide bonds. The van der Waals surface area contributed by atoms with E-state index in [-0.39, 0.29) is 0 Å². The first kappa shape index (κ1) is 32.2. The SMILES string of the molecule is C1=Cc2c(n(-c3ccccc3)c3ccc(-c4ccc5c(c4)c4ccccc4n5-c4cccc(-c5nc(-c6ccccc6)cc(-c6ccccc6)n5)c4)cc23)CC1. The number of allylic oxidation sites excluding steroid dienone is 1. The zero-order valence-corrected chi connectivity index (χ0v) is 30.7. The van der Waals surface area contributed by atoms with Crippen molar-refractivity contribution in [2.45, 2.75) is 12.8 Å². The van der Waals surface area contributed by atoms with Crippen LogP contribution in [-0.2, 0) is 6.42 Å². The first-order chi connectivity index (χ1) is 27.8. The van der Waals surface area contributed by atoms with Crippen LogP contribution in [0, 0.1) is 0 Å². The second-order valence-corrected chi connectivity index (χ2v) is 14.5. The van der Waals surface area contributed by atoms with E-state index in [9.17, 15) is 0 Å². The summed E-state index contributed by atoms with van der Waals surface area (Å²) in [5.41, 5.74) is 15.9. The summed E-state index contributed by atoms with van der Waals surface area (Å²) in [7, 11) is 0. The second kappa shape index (κ2) is 13.2. The normalized spacial score (nSPS) is 12.4. The predicted octanol–water partition coefficient (Wildman–Crippen LogP) is 13.1. The van der Waals surface area contributed by atoms with Gasteiger partial charge in [0.2, 0.25) is 0 Å². The molecule has 0 saturated heterocycles. The molecular weight excluding hydrogens is 681 g/mol. The molecule has 3 heterocycles. The molecule has 0 atom stereocenters. The van der Waals surface area contributed by atoms with Gasteiger partial charge in [-0.3, -0.25) is 0 Å². The fourth-order valence-electron chi connectivity index (χ4n) is 8.58. The number of hydrogen-bond acceptors (Lipinski definition) is 2. The predicted molar refractivity (Wildman–Crippen MR) is 232 cm³/mol. The average molecular weight is 717 g/mol. The van der Waals surface area contributed by atoms with Crippen LogP contribution in [0.15, 0.2) is 188 Å². The maximum Gasteiger partial charge on any atom is 0.160 e. The van der Waals surface area contributed by atoms with Crippen LogP contribution in [0.4, 0.5) is 0 Å². The zero-order valence-electron chi connectivity index (χ0n) is 30.7. The molecule has 0 bridgehead atoms. The van der Waals surface area contributed by atoms with Crippen molar-refractivity contribution >= 4 is 38.8 Å². The molecule has 0 unspecified atom stereocenters. The van der Waals surface area contributed by atoms with Gasteiger partial charge < -0.3 is 9.13 Å². The van der Waals surface area contributed by atoms with Crippen LogP contribution in [0.1, 0.15) is 17.7 Å². The van der Waals surface area contributed by atoms with Crippen molar-refractivity contribution in [2.24, 2.45) is 0 Å². The lowest BCUT2D eigenvalue weighted by Gasteiger charge is -2.13. The van der Waals surface area contributed by atoms with E-state index in [2.05, 4.69) is 191 Å². The van der Waals surface area contributed by atoms with E-state index in [1.807, 2.05) is 12.1 Å². The summed E-state index contributed by atoms with van der Waals surface area (Å²) in [4.78, 5) is 10.3. The second-order valence-electron chi connectivity index (χ2n) is 14.5. The van der Waals surface area contributed by atoms with Gasteiger partial charge in [0.05, 0.1) is 27.9 Å². The van der Waals surface area contributed by atoms with Gasteiger partial charge in [0.25, 0.3) is 0 Å². The minimum Gasteiger partial charge on any atom is -0.313 e. The molecule has 264 valence electrons. The lowest BCUT2D eigenvalue weighted by molar-refractivity contribution is 0.888. The largest absolute Gasteiger partial charge is 0.313 e. The molecule has 56 heavy (non-hydrogen) atoms. The van der Waals surface area contributed by atoms with Crippen LogP contribution >= 0.6 is 0 Å². The fourth-order valence-corrected chi connectivity index (χ4v) is 8.58. The van der Waals surface area contributed by atoms with E-state index in [1.165, 1.54) is 49.7 Å². The van der Waals surface area contributed by atoms with Crippen molar-refractivity contribution in [3.8, 4) is 56.4 Å². The lowest BCUT2D eigenvalue weighted by Crippen LogP contribution is -2.02. The van der Waals surface area contributed by atoms with Crippen molar-refractivity contribution in [3.05, 3.63) is 199 Å². The Hall–Kier alpha value is -7.30. The molecule has 0 fully saturated rings. The molecular formula is C52H36N4. The van der Waals surface area contributed by atoms with E-state index in [0.717, 1.165) is 57.6 Å². The average Bonchev–Trinajstić information content (AvgIpc) is 3.79. The molecule has 0 radical (unpaired) electrons. The van der Waals surface area contributed by atoms with E-state index in [1.54, 1.807) is 0 Å². The summed E-state index contributed by atoms with van der Waals surface area (Å²) in [6.07, 6.45) is 6.74. The third-order valence-electron chi connectivity index (χ3n) is 11.2. The highest BCUT2D eigenvalue weighted by Gasteiger charge is 2.20. The quantitative estimate of drug-likeness (QED) is 0.172.